The van der Waals surface area contributed by atoms with Crippen molar-refractivity contribution in [2.24, 2.45) is 28.6 Å². The van der Waals surface area contributed by atoms with Crippen LogP contribution in [-0.2, 0) is 9.59 Å². The van der Waals surface area contributed by atoms with Gasteiger partial charge in [0.15, 0.2) is 17.2 Å². The van der Waals surface area contributed by atoms with Crippen molar-refractivity contribution in [1.29, 1.82) is 0 Å². The zero-order valence-electron chi connectivity index (χ0n) is 15.6. The number of carbonyl (C=O) groups excluding carboxylic acids is 2. The average Bonchev–Trinajstić information content (AvgIpc) is 2.76. The van der Waals surface area contributed by atoms with E-state index in [0.29, 0.717) is 6.42 Å². The fourth-order valence-electron chi connectivity index (χ4n) is 6.97. The summed E-state index contributed by atoms with van der Waals surface area (Å²) in [5.41, 5.74) is -1.97. The number of hydrogen-bond donors (Lipinski definition) is 3. The Morgan fingerprint density at radius 3 is 2.62 bits per heavy atom. The van der Waals surface area contributed by atoms with E-state index in [0.717, 1.165) is 18.4 Å². The van der Waals surface area contributed by atoms with E-state index in [2.05, 4.69) is 6.92 Å². The van der Waals surface area contributed by atoms with E-state index in [-0.39, 0.29) is 35.4 Å². The number of aliphatic hydroxyl groups is 3. The summed E-state index contributed by atoms with van der Waals surface area (Å²) >= 11 is 0. The van der Waals surface area contributed by atoms with E-state index in [1.54, 1.807) is 12.2 Å². The summed E-state index contributed by atoms with van der Waals surface area (Å²) in [6, 6.07) is 0. The van der Waals surface area contributed by atoms with Crippen molar-refractivity contribution in [2.45, 2.75) is 64.3 Å². The molecule has 0 aromatic rings. The third kappa shape index (κ3) is 1.97. The van der Waals surface area contributed by atoms with Crippen LogP contribution < -0.4 is 0 Å². The van der Waals surface area contributed by atoms with Gasteiger partial charge in [0.1, 0.15) is 0 Å². The Morgan fingerprint density at radius 1 is 1.27 bits per heavy atom. The Labute approximate surface area is 153 Å². The molecule has 3 N–H and O–H groups in total. The van der Waals surface area contributed by atoms with Crippen LogP contribution in [0.15, 0.2) is 23.8 Å². The molecule has 4 rings (SSSR count). The summed E-state index contributed by atoms with van der Waals surface area (Å²) in [5.74, 6) is -0.456. The normalized spacial score (nSPS) is 52.8. The maximum absolute atomic E-state index is 12.3. The van der Waals surface area contributed by atoms with E-state index < -0.39 is 29.0 Å². The summed E-state index contributed by atoms with van der Waals surface area (Å²) in [6.45, 7) is 5.25. The van der Waals surface area contributed by atoms with Crippen LogP contribution in [0.1, 0.15) is 46.5 Å². The molecular formula is C21H28O5. The summed E-state index contributed by atoms with van der Waals surface area (Å²) in [6.07, 6.45) is 5.61. The van der Waals surface area contributed by atoms with Crippen LogP contribution in [0.25, 0.3) is 0 Å². The first kappa shape index (κ1) is 18.1. The smallest absolute Gasteiger partial charge is 0.178 e. The number of aliphatic hydroxyl groups excluding tert-OH is 2. The Hall–Kier alpha value is -1.30. The van der Waals surface area contributed by atoms with Crippen LogP contribution in [0.5, 0.6) is 0 Å². The Bertz CT molecular complexity index is 739. The monoisotopic (exact) mass is 360 g/mol. The first-order valence-corrected chi connectivity index (χ1v) is 9.59. The van der Waals surface area contributed by atoms with Gasteiger partial charge in [-0.3, -0.25) is 9.59 Å². The van der Waals surface area contributed by atoms with Crippen LogP contribution in [0.3, 0.4) is 0 Å². The predicted molar refractivity (Wildman–Crippen MR) is 95.0 cm³/mol. The molecule has 142 valence electrons. The zero-order valence-corrected chi connectivity index (χ0v) is 15.6. The molecular weight excluding hydrogens is 332 g/mol. The van der Waals surface area contributed by atoms with Gasteiger partial charge in [0.05, 0.1) is 12.2 Å². The molecule has 0 aromatic heterocycles. The lowest BCUT2D eigenvalue weighted by Crippen LogP contribution is -2.62. The van der Waals surface area contributed by atoms with Crippen molar-refractivity contribution in [3.8, 4) is 0 Å². The van der Waals surface area contributed by atoms with E-state index in [1.807, 2.05) is 13.0 Å². The highest BCUT2D eigenvalue weighted by atomic mass is 16.4. The lowest BCUT2D eigenvalue weighted by atomic mass is 9.46. The van der Waals surface area contributed by atoms with Gasteiger partial charge in [0.25, 0.3) is 0 Å². The van der Waals surface area contributed by atoms with Crippen molar-refractivity contribution >= 4 is 11.6 Å². The molecule has 5 unspecified atom stereocenters. The number of Topliss-reactive ketones (excluding diaryl/α,β-unsaturated/α-hetero) is 1. The van der Waals surface area contributed by atoms with Crippen LogP contribution in [0.4, 0.5) is 0 Å². The van der Waals surface area contributed by atoms with Crippen molar-refractivity contribution in [1.82, 2.24) is 0 Å². The van der Waals surface area contributed by atoms with E-state index in [1.165, 1.54) is 6.92 Å². The van der Waals surface area contributed by atoms with Gasteiger partial charge in [-0.25, -0.2) is 0 Å². The molecule has 3 saturated carbocycles. The first-order chi connectivity index (χ1) is 12.1. The molecule has 4 aliphatic rings. The van der Waals surface area contributed by atoms with Crippen LogP contribution in [0.2, 0.25) is 0 Å². The van der Waals surface area contributed by atoms with Gasteiger partial charge >= 0.3 is 0 Å². The summed E-state index contributed by atoms with van der Waals surface area (Å²) < 4.78 is 0. The number of allylic oxidation sites excluding steroid dienone is 4. The highest BCUT2D eigenvalue weighted by molar-refractivity contribution is 6.01. The summed E-state index contributed by atoms with van der Waals surface area (Å²) in [5, 5.41) is 32.9. The molecule has 0 amide bonds. The third-order valence-corrected chi connectivity index (χ3v) is 8.25. The number of fused-ring (bicyclic) bond motifs is 5. The predicted octanol–water partition coefficient (Wildman–Crippen LogP) is 1.56. The van der Waals surface area contributed by atoms with E-state index in [4.69, 9.17) is 0 Å². The van der Waals surface area contributed by atoms with Gasteiger partial charge in [-0.15, -0.1) is 0 Å². The van der Waals surface area contributed by atoms with Crippen molar-refractivity contribution in [3.63, 3.8) is 0 Å². The standard InChI is InChI=1S/C21H28O5/c1-11(22)21(26)17(25)9-15-14-5-4-12-8-13(23)6-7-19(12,2)18(14)16(24)10-20(15,21)3/h6-8,14-18,24-26H,4-5,9-10H2,1-3H3/t14?,15?,16-,17+,18?,19?,20?,21+/m0/s1. The summed E-state index contributed by atoms with van der Waals surface area (Å²) in [7, 11) is 0. The number of ketones is 2. The maximum Gasteiger partial charge on any atom is 0.178 e. The Balaban J connectivity index is 1.79. The molecule has 0 heterocycles. The highest BCUT2D eigenvalue weighted by Crippen LogP contribution is 2.67. The van der Waals surface area contributed by atoms with Gasteiger partial charge in [0, 0.05) is 16.7 Å². The van der Waals surface area contributed by atoms with Crippen LogP contribution in [-0.4, -0.2) is 44.7 Å². The second kappa shape index (κ2) is 5.37. The molecule has 5 heteroatoms. The molecule has 3 fully saturated rings. The summed E-state index contributed by atoms with van der Waals surface area (Å²) in [4.78, 5) is 24.1. The molecule has 0 radical (unpaired) electrons. The number of rotatable bonds is 1. The van der Waals surface area contributed by atoms with Gasteiger partial charge in [0.2, 0.25) is 0 Å². The minimum Gasteiger partial charge on any atom is -0.393 e. The van der Waals surface area contributed by atoms with E-state index in [9.17, 15) is 24.9 Å². The average molecular weight is 360 g/mol. The van der Waals surface area contributed by atoms with Gasteiger partial charge in [-0.05, 0) is 56.6 Å². The maximum atomic E-state index is 12.3. The van der Waals surface area contributed by atoms with E-state index >= 15 is 0 Å². The highest BCUT2D eigenvalue weighted by Gasteiger charge is 2.70. The number of hydrogen-bond acceptors (Lipinski definition) is 5. The quantitative estimate of drug-likeness (QED) is 0.660. The van der Waals surface area contributed by atoms with Crippen molar-refractivity contribution < 1.29 is 24.9 Å². The minimum absolute atomic E-state index is 0.00620. The van der Waals surface area contributed by atoms with Crippen LogP contribution in [0, 0.1) is 28.6 Å². The SMILES string of the molecule is CC(=O)[C@@]1(O)[C@H](O)CC2C3CCC4=CC(=O)C=CC4(C)C3[C@@H](O)CC21C. The van der Waals surface area contributed by atoms with Gasteiger partial charge < -0.3 is 15.3 Å². The fourth-order valence-corrected chi connectivity index (χ4v) is 6.97. The Morgan fingerprint density at radius 2 is 1.96 bits per heavy atom. The molecule has 8 atom stereocenters. The fraction of sp³-hybridized carbons (Fsp3) is 0.714. The Kier molecular flexibility index (Phi) is 3.73. The molecule has 0 aliphatic heterocycles. The first-order valence-electron chi connectivity index (χ1n) is 9.59. The largest absolute Gasteiger partial charge is 0.393 e. The molecule has 5 nitrogen and oxygen atoms in total. The third-order valence-electron chi connectivity index (χ3n) is 8.25. The molecule has 26 heavy (non-hydrogen) atoms. The lowest BCUT2D eigenvalue weighted by molar-refractivity contribution is -0.186. The molecule has 0 aromatic carbocycles. The second-order valence-electron chi connectivity index (χ2n) is 9.29. The number of carbonyl (C=O) groups is 2. The molecule has 0 saturated heterocycles. The molecule has 0 spiro atoms. The van der Waals surface area contributed by atoms with Crippen molar-refractivity contribution in [3.05, 3.63) is 23.8 Å². The van der Waals surface area contributed by atoms with Gasteiger partial charge in [-0.2, -0.15) is 0 Å². The zero-order chi connectivity index (χ0) is 19.1. The minimum atomic E-state index is -1.81. The molecule has 0 bridgehead atoms. The lowest BCUT2D eigenvalue weighted by Gasteiger charge is -2.59. The second-order valence-corrected chi connectivity index (χ2v) is 9.29. The van der Waals surface area contributed by atoms with Crippen molar-refractivity contribution in [2.75, 3.05) is 0 Å². The van der Waals surface area contributed by atoms with Gasteiger partial charge in [-0.1, -0.05) is 25.5 Å². The molecule has 4 aliphatic carbocycles. The topological polar surface area (TPSA) is 94.8 Å². The van der Waals surface area contributed by atoms with Crippen LogP contribution >= 0.6 is 0 Å².